The summed E-state index contributed by atoms with van der Waals surface area (Å²) < 4.78 is 26.4. The molecular formula is C45H81FO8. The van der Waals surface area contributed by atoms with Crippen molar-refractivity contribution in [1.82, 2.24) is 0 Å². The maximum Gasteiger partial charge on any atom is 0.186 e. The van der Waals surface area contributed by atoms with E-state index in [0.29, 0.717) is 18.3 Å². The second kappa shape index (κ2) is 26.2. The smallest absolute Gasteiger partial charge is 0.186 e. The molecule has 54 heavy (non-hydrogen) atoms. The SMILES string of the molecule is CCCCCCCCCCCCCC[C@@H](O)[C@@H](O)[C@@H](/C=C(/F)CCCCCCCCCCC1=CC[C@H]2C[C@@H]1C2(C)C)COC1OC(CO)C(O)C(O)C1O. The number of hydrogen-bond acceptors (Lipinski definition) is 8. The van der Waals surface area contributed by atoms with Crippen LogP contribution >= 0.6 is 0 Å². The molecule has 1 saturated heterocycles. The fourth-order valence-corrected chi connectivity index (χ4v) is 9.06. The molecule has 0 aromatic heterocycles. The Morgan fingerprint density at radius 3 is 1.93 bits per heavy atom. The number of halogens is 1. The van der Waals surface area contributed by atoms with Crippen LogP contribution in [0.3, 0.4) is 0 Å². The highest BCUT2D eigenvalue weighted by molar-refractivity contribution is 5.23. The highest BCUT2D eigenvalue weighted by Crippen LogP contribution is 2.60. The zero-order chi connectivity index (χ0) is 39.3. The summed E-state index contributed by atoms with van der Waals surface area (Å²) in [4.78, 5) is 0. The Labute approximate surface area is 328 Å². The van der Waals surface area contributed by atoms with Gasteiger partial charge in [-0.2, -0.15) is 0 Å². The zero-order valence-electron chi connectivity index (χ0n) is 34.4. The first-order valence-electron chi connectivity index (χ1n) is 22.3. The molecule has 1 heterocycles. The second-order valence-electron chi connectivity index (χ2n) is 17.7. The van der Waals surface area contributed by atoms with Crippen molar-refractivity contribution in [3.63, 3.8) is 0 Å². The molecular weight excluding hydrogens is 687 g/mol. The summed E-state index contributed by atoms with van der Waals surface area (Å²) in [7, 11) is 0. The van der Waals surface area contributed by atoms with Gasteiger partial charge in [0, 0.05) is 5.92 Å². The molecule has 0 aromatic rings. The highest BCUT2D eigenvalue weighted by atomic mass is 19.1. The Morgan fingerprint density at radius 1 is 0.815 bits per heavy atom. The molecule has 0 radical (unpaired) electrons. The molecule has 8 nitrogen and oxygen atoms in total. The minimum atomic E-state index is -1.61. The molecule has 10 atom stereocenters. The predicted molar refractivity (Wildman–Crippen MR) is 214 cm³/mol. The highest BCUT2D eigenvalue weighted by Gasteiger charge is 2.50. The van der Waals surface area contributed by atoms with Crippen molar-refractivity contribution in [2.75, 3.05) is 13.2 Å². The number of ether oxygens (including phenoxy) is 2. The average Bonchev–Trinajstić information content (AvgIpc) is 3.16. The van der Waals surface area contributed by atoms with Crippen LogP contribution in [-0.2, 0) is 9.47 Å². The molecule has 9 heteroatoms. The van der Waals surface area contributed by atoms with Crippen LogP contribution in [0.25, 0.3) is 0 Å². The Balaban J connectivity index is 1.36. The maximum absolute atomic E-state index is 15.3. The van der Waals surface area contributed by atoms with Crippen molar-refractivity contribution in [2.45, 2.75) is 224 Å². The van der Waals surface area contributed by atoms with Gasteiger partial charge in [0.1, 0.15) is 24.4 Å². The van der Waals surface area contributed by atoms with Gasteiger partial charge >= 0.3 is 0 Å². The van der Waals surface area contributed by atoms with Gasteiger partial charge in [-0.3, -0.25) is 0 Å². The first-order valence-corrected chi connectivity index (χ1v) is 22.3. The number of unbranched alkanes of at least 4 members (excludes halogenated alkanes) is 18. The van der Waals surface area contributed by atoms with Crippen LogP contribution in [0.1, 0.15) is 181 Å². The number of aliphatic hydroxyl groups excluding tert-OH is 6. The van der Waals surface area contributed by atoms with Crippen LogP contribution in [0.4, 0.5) is 4.39 Å². The zero-order valence-corrected chi connectivity index (χ0v) is 34.4. The Hall–Kier alpha value is -0.910. The number of fused-ring (bicyclic) bond motifs is 1. The van der Waals surface area contributed by atoms with Gasteiger partial charge in [0.2, 0.25) is 0 Å². The monoisotopic (exact) mass is 769 g/mol. The summed E-state index contributed by atoms with van der Waals surface area (Å²) in [6.45, 7) is 6.23. The number of hydrogen-bond donors (Lipinski definition) is 6. The molecule has 4 rings (SSSR count). The first-order chi connectivity index (χ1) is 26.0. The number of allylic oxidation sites excluding steroid dienone is 3. The summed E-state index contributed by atoms with van der Waals surface area (Å²) in [6.07, 6.45) is 21.8. The lowest BCUT2D eigenvalue weighted by Crippen LogP contribution is -2.59. The van der Waals surface area contributed by atoms with Crippen LogP contribution in [0.5, 0.6) is 0 Å². The quantitative estimate of drug-likeness (QED) is 0.0304. The topological polar surface area (TPSA) is 140 Å². The van der Waals surface area contributed by atoms with Crippen molar-refractivity contribution in [3.05, 3.63) is 23.6 Å². The summed E-state index contributed by atoms with van der Waals surface area (Å²) in [5, 5.41) is 62.3. The van der Waals surface area contributed by atoms with Gasteiger partial charge in [0.05, 0.1) is 31.2 Å². The average molecular weight is 769 g/mol. The van der Waals surface area contributed by atoms with Crippen LogP contribution in [-0.4, -0.2) is 86.8 Å². The molecule has 0 amide bonds. The third kappa shape index (κ3) is 15.8. The van der Waals surface area contributed by atoms with Gasteiger partial charge in [0.15, 0.2) is 6.29 Å². The van der Waals surface area contributed by atoms with Gasteiger partial charge < -0.3 is 40.1 Å². The van der Waals surface area contributed by atoms with Gasteiger partial charge in [-0.05, 0) is 68.3 Å². The summed E-state index contributed by atoms with van der Waals surface area (Å²) in [6, 6.07) is 0. The Morgan fingerprint density at radius 2 is 1.37 bits per heavy atom. The fourth-order valence-electron chi connectivity index (χ4n) is 9.06. The molecule has 2 bridgehead atoms. The largest absolute Gasteiger partial charge is 0.394 e. The molecule has 3 aliphatic carbocycles. The van der Waals surface area contributed by atoms with Crippen molar-refractivity contribution in [1.29, 1.82) is 0 Å². The molecule has 1 saturated carbocycles. The summed E-state index contributed by atoms with van der Waals surface area (Å²) in [5.41, 5.74) is 2.22. The molecule has 0 aromatic carbocycles. The molecule has 1 aliphatic heterocycles. The predicted octanol–water partition coefficient (Wildman–Crippen LogP) is 8.98. The van der Waals surface area contributed by atoms with Gasteiger partial charge in [-0.15, -0.1) is 0 Å². The summed E-state index contributed by atoms with van der Waals surface area (Å²) >= 11 is 0. The maximum atomic E-state index is 15.3. The number of aliphatic hydroxyl groups is 6. The van der Waals surface area contributed by atoms with E-state index >= 15 is 4.39 Å². The van der Waals surface area contributed by atoms with E-state index in [1.54, 1.807) is 5.57 Å². The second-order valence-corrected chi connectivity index (χ2v) is 17.7. The van der Waals surface area contributed by atoms with Crippen LogP contribution in [0.15, 0.2) is 23.6 Å². The minimum Gasteiger partial charge on any atom is -0.394 e. The Bertz CT molecular complexity index is 1050. The lowest BCUT2D eigenvalue weighted by molar-refractivity contribution is -0.303. The molecule has 0 spiro atoms. The van der Waals surface area contributed by atoms with E-state index in [9.17, 15) is 30.6 Å². The van der Waals surface area contributed by atoms with E-state index in [1.165, 1.54) is 102 Å². The lowest BCUT2D eigenvalue weighted by Gasteiger charge is -2.56. The molecule has 6 N–H and O–H groups in total. The standard InChI is InChI=1S/C45H81FO8/c1-4-5-6-7-8-9-10-11-12-17-20-23-26-38(48)40(49)34(32-53-44-43(52)42(51)41(50)39(31-47)54-44)29-36(46)25-22-19-16-14-13-15-18-21-24-33-27-28-35-30-37(33)45(35,2)3/h27,29,34-35,37-44,47-52H,4-26,28,30-32H2,1-3H3/b36-29+/t34-,35-,37-,38+,39?,40-,41?,42?,43?,44?/m0/s1. The van der Waals surface area contributed by atoms with E-state index in [-0.39, 0.29) is 18.9 Å². The van der Waals surface area contributed by atoms with E-state index in [0.717, 1.165) is 56.8 Å². The van der Waals surface area contributed by atoms with Crippen LogP contribution < -0.4 is 0 Å². The third-order valence-corrected chi connectivity index (χ3v) is 13.1. The number of rotatable bonds is 31. The molecule has 4 aliphatic rings. The lowest BCUT2D eigenvalue weighted by atomic mass is 9.48. The normalized spacial score (nSPS) is 28.4. The van der Waals surface area contributed by atoms with E-state index < -0.39 is 55.4 Å². The van der Waals surface area contributed by atoms with Crippen molar-refractivity contribution < 1.29 is 44.5 Å². The van der Waals surface area contributed by atoms with Crippen molar-refractivity contribution in [3.8, 4) is 0 Å². The van der Waals surface area contributed by atoms with Gasteiger partial charge in [0.25, 0.3) is 0 Å². The molecule has 316 valence electrons. The Kier molecular flexibility index (Phi) is 23.0. The fraction of sp³-hybridized carbons (Fsp3) is 0.911. The summed E-state index contributed by atoms with van der Waals surface area (Å²) in [5.74, 6) is 0.403. The van der Waals surface area contributed by atoms with E-state index in [2.05, 4.69) is 26.8 Å². The van der Waals surface area contributed by atoms with Crippen molar-refractivity contribution >= 4 is 0 Å². The minimum absolute atomic E-state index is 0.228. The van der Waals surface area contributed by atoms with Gasteiger partial charge in [-0.25, -0.2) is 4.39 Å². The van der Waals surface area contributed by atoms with Crippen molar-refractivity contribution in [2.24, 2.45) is 23.2 Å². The molecule has 2 fully saturated rings. The van der Waals surface area contributed by atoms with Crippen LogP contribution in [0, 0.1) is 23.2 Å². The third-order valence-electron chi connectivity index (χ3n) is 13.1. The van der Waals surface area contributed by atoms with E-state index in [1.807, 2.05) is 0 Å². The first kappa shape index (κ1) is 47.5. The van der Waals surface area contributed by atoms with E-state index in [4.69, 9.17) is 9.47 Å². The van der Waals surface area contributed by atoms with Gasteiger partial charge in [-0.1, -0.05) is 148 Å². The van der Waals surface area contributed by atoms with Crippen LogP contribution in [0.2, 0.25) is 0 Å². The molecule has 5 unspecified atom stereocenters.